The van der Waals surface area contributed by atoms with Crippen molar-refractivity contribution in [3.8, 4) is 0 Å². The summed E-state index contributed by atoms with van der Waals surface area (Å²) < 4.78 is 1.86. The molecule has 7 nitrogen and oxygen atoms in total. The van der Waals surface area contributed by atoms with Crippen LogP contribution in [0.25, 0.3) is 0 Å². The summed E-state index contributed by atoms with van der Waals surface area (Å²) in [6.07, 6.45) is 1.81. The van der Waals surface area contributed by atoms with Crippen LogP contribution in [0.1, 0.15) is 19.5 Å². The third kappa shape index (κ3) is 6.94. The number of nitrogens with zero attached hydrogens (tertiary/aromatic N) is 5. The van der Waals surface area contributed by atoms with E-state index in [1.807, 2.05) is 17.8 Å². The molecule has 2 N–H and O–H groups in total. The van der Waals surface area contributed by atoms with Gasteiger partial charge in [0.15, 0.2) is 5.96 Å². The van der Waals surface area contributed by atoms with E-state index in [4.69, 9.17) is 0 Å². The number of piperazine rings is 1. The van der Waals surface area contributed by atoms with Crippen molar-refractivity contribution in [2.45, 2.75) is 20.4 Å². The standard InChI is InChI=1S/C16H31N7.HI/c1-4-17-16(19-14-15-6-7-20-21(15)3)18-8-9-23-12-10-22(5-2)11-13-23;/h6-7H,4-5,8-14H2,1-3H3,(H2,17,18,19);1H. The molecule has 1 saturated heterocycles. The Hall–Kier alpha value is -0.870. The lowest BCUT2D eigenvalue weighted by molar-refractivity contribution is 0.139. The second-order valence-corrected chi connectivity index (χ2v) is 5.84. The number of aryl methyl sites for hydroxylation is 1. The van der Waals surface area contributed by atoms with Gasteiger partial charge in [0.2, 0.25) is 0 Å². The molecule has 0 bridgehead atoms. The molecule has 2 heterocycles. The predicted molar refractivity (Wildman–Crippen MR) is 110 cm³/mol. The van der Waals surface area contributed by atoms with E-state index in [9.17, 15) is 0 Å². The molecule has 0 atom stereocenters. The fourth-order valence-corrected chi connectivity index (χ4v) is 2.72. The largest absolute Gasteiger partial charge is 0.357 e. The van der Waals surface area contributed by atoms with Crippen LogP contribution >= 0.6 is 24.0 Å². The minimum atomic E-state index is 0. The number of rotatable bonds is 7. The van der Waals surface area contributed by atoms with Gasteiger partial charge in [-0.05, 0) is 19.5 Å². The maximum atomic E-state index is 4.63. The first-order valence-corrected chi connectivity index (χ1v) is 8.66. The first-order valence-electron chi connectivity index (χ1n) is 8.66. The number of hydrogen-bond donors (Lipinski definition) is 2. The van der Waals surface area contributed by atoms with E-state index in [2.05, 4.69) is 44.4 Å². The monoisotopic (exact) mass is 449 g/mol. The predicted octanol–water partition coefficient (Wildman–Crippen LogP) is 0.731. The van der Waals surface area contributed by atoms with Gasteiger partial charge in [-0.3, -0.25) is 9.58 Å². The Kier molecular flexibility index (Phi) is 10.3. The summed E-state index contributed by atoms with van der Waals surface area (Å²) in [6, 6.07) is 2.00. The van der Waals surface area contributed by atoms with Crippen LogP contribution < -0.4 is 10.6 Å². The summed E-state index contributed by atoms with van der Waals surface area (Å²) in [5, 5.41) is 10.9. The number of halogens is 1. The smallest absolute Gasteiger partial charge is 0.191 e. The SMILES string of the molecule is CCNC(=NCc1ccnn1C)NCCN1CCN(CC)CC1.I. The Morgan fingerprint density at radius 3 is 2.46 bits per heavy atom. The lowest BCUT2D eigenvalue weighted by Gasteiger charge is -2.34. The van der Waals surface area contributed by atoms with Crippen molar-refractivity contribution in [2.75, 3.05) is 52.4 Å². The Bertz CT molecular complexity index is 481. The van der Waals surface area contributed by atoms with E-state index >= 15 is 0 Å². The maximum Gasteiger partial charge on any atom is 0.191 e. The zero-order chi connectivity index (χ0) is 16.5. The van der Waals surface area contributed by atoms with Crippen LogP contribution in [0.5, 0.6) is 0 Å². The van der Waals surface area contributed by atoms with Gasteiger partial charge in [-0.15, -0.1) is 24.0 Å². The molecule has 0 unspecified atom stereocenters. The first kappa shape index (κ1) is 21.2. The van der Waals surface area contributed by atoms with Crippen LogP contribution in [0.4, 0.5) is 0 Å². The molecule has 0 aliphatic carbocycles. The zero-order valence-corrected chi connectivity index (χ0v) is 17.5. The molecule has 2 rings (SSSR count). The average Bonchev–Trinajstić information content (AvgIpc) is 2.98. The van der Waals surface area contributed by atoms with Gasteiger partial charge in [0, 0.05) is 59.1 Å². The van der Waals surface area contributed by atoms with Crippen LogP contribution in [-0.4, -0.2) is 77.9 Å². The lowest BCUT2D eigenvalue weighted by Crippen LogP contribution is -2.49. The summed E-state index contributed by atoms with van der Waals surface area (Å²) in [5.74, 6) is 0.876. The summed E-state index contributed by atoms with van der Waals surface area (Å²) in [5.41, 5.74) is 1.11. The quantitative estimate of drug-likeness (QED) is 0.365. The van der Waals surface area contributed by atoms with Crippen molar-refractivity contribution in [1.82, 2.24) is 30.2 Å². The number of nitrogens with one attached hydrogen (secondary N) is 2. The van der Waals surface area contributed by atoms with Crippen molar-refractivity contribution in [3.63, 3.8) is 0 Å². The first-order chi connectivity index (χ1) is 11.2. The van der Waals surface area contributed by atoms with E-state index < -0.39 is 0 Å². The second-order valence-electron chi connectivity index (χ2n) is 5.84. The van der Waals surface area contributed by atoms with Gasteiger partial charge in [0.05, 0.1) is 12.2 Å². The number of aromatic nitrogens is 2. The average molecular weight is 449 g/mol. The molecular weight excluding hydrogens is 417 g/mol. The summed E-state index contributed by atoms with van der Waals surface area (Å²) in [7, 11) is 1.95. The lowest BCUT2D eigenvalue weighted by atomic mass is 10.3. The normalized spacial score (nSPS) is 16.7. The summed E-state index contributed by atoms with van der Waals surface area (Å²) in [4.78, 5) is 9.65. The number of guanidine groups is 1. The van der Waals surface area contributed by atoms with E-state index in [-0.39, 0.29) is 24.0 Å². The zero-order valence-electron chi connectivity index (χ0n) is 15.2. The third-order valence-electron chi connectivity index (χ3n) is 4.30. The highest BCUT2D eigenvalue weighted by atomic mass is 127. The van der Waals surface area contributed by atoms with Crippen LogP contribution in [0, 0.1) is 0 Å². The molecule has 138 valence electrons. The fourth-order valence-electron chi connectivity index (χ4n) is 2.72. The summed E-state index contributed by atoms with van der Waals surface area (Å²) in [6.45, 7) is 13.7. The summed E-state index contributed by atoms with van der Waals surface area (Å²) >= 11 is 0. The van der Waals surface area contributed by atoms with E-state index in [0.717, 1.165) is 50.9 Å². The molecule has 1 aromatic heterocycles. The Labute approximate surface area is 162 Å². The van der Waals surface area contributed by atoms with E-state index in [1.165, 1.54) is 13.1 Å². The molecule has 24 heavy (non-hydrogen) atoms. The molecule has 0 saturated carbocycles. The topological polar surface area (TPSA) is 60.7 Å². The van der Waals surface area contributed by atoms with Crippen molar-refractivity contribution in [3.05, 3.63) is 18.0 Å². The highest BCUT2D eigenvalue weighted by molar-refractivity contribution is 14.0. The van der Waals surface area contributed by atoms with Gasteiger partial charge in [-0.1, -0.05) is 6.92 Å². The molecule has 0 amide bonds. The van der Waals surface area contributed by atoms with Crippen molar-refractivity contribution in [2.24, 2.45) is 12.0 Å². The number of hydrogen-bond acceptors (Lipinski definition) is 4. The Morgan fingerprint density at radius 1 is 1.17 bits per heavy atom. The highest BCUT2D eigenvalue weighted by Crippen LogP contribution is 2.00. The fraction of sp³-hybridized carbons (Fsp3) is 0.750. The molecule has 1 aliphatic heterocycles. The number of aliphatic imine (C=N–C) groups is 1. The molecular formula is C16H32IN7. The van der Waals surface area contributed by atoms with Gasteiger partial charge in [0.1, 0.15) is 0 Å². The third-order valence-corrected chi connectivity index (χ3v) is 4.30. The van der Waals surface area contributed by atoms with Gasteiger partial charge in [-0.25, -0.2) is 4.99 Å². The molecule has 0 radical (unpaired) electrons. The number of likely N-dealkylation sites (N-methyl/N-ethyl adjacent to an activating group) is 1. The van der Waals surface area contributed by atoms with Crippen LogP contribution in [0.3, 0.4) is 0 Å². The van der Waals surface area contributed by atoms with Crippen LogP contribution in [-0.2, 0) is 13.6 Å². The van der Waals surface area contributed by atoms with Gasteiger partial charge in [-0.2, -0.15) is 5.10 Å². The van der Waals surface area contributed by atoms with Crippen molar-refractivity contribution >= 4 is 29.9 Å². The van der Waals surface area contributed by atoms with Gasteiger partial charge < -0.3 is 15.5 Å². The van der Waals surface area contributed by atoms with Gasteiger partial charge in [0.25, 0.3) is 0 Å². The van der Waals surface area contributed by atoms with Crippen LogP contribution in [0.2, 0.25) is 0 Å². The minimum Gasteiger partial charge on any atom is -0.357 e. The molecule has 0 aromatic carbocycles. The molecule has 8 heteroatoms. The second kappa shape index (κ2) is 11.6. The van der Waals surface area contributed by atoms with E-state index in [1.54, 1.807) is 6.20 Å². The van der Waals surface area contributed by atoms with Gasteiger partial charge >= 0.3 is 0 Å². The Balaban J connectivity index is 0.00000288. The van der Waals surface area contributed by atoms with Crippen molar-refractivity contribution < 1.29 is 0 Å². The molecule has 1 aliphatic rings. The maximum absolute atomic E-state index is 4.63. The molecule has 1 aromatic rings. The Morgan fingerprint density at radius 2 is 1.88 bits per heavy atom. The van der Waals surface area contributed by atoms with Crippen LogP contribution in [0.15, 0.2) is 17.3 Å². The molecule has 1 fully saturated rings. The highest BCUT2D eigenvalue weighted by Gasteiger charge is 2.14. The minimum absolute atomic E-state index is 0. The van der Waals surface area contributed by atoms with E-state index in [0.29, 0.717) is 6.54 Å². The molecule has 0 spiro atoms. The van der Waals surface area contributed by atoms with Crippen molar-refractivity contribution in [1.29, 1.82) is 0 Å².